The lowest BCUT2D eigenvalue weighted by Gasteiger charge is -2.15. The first-order chi connectivity index (χ1) is 9.63. The monoisotopic (exact) mass is 265 g/mol. The molecule has 3 rings (SSSR count). The molecule has 3 aromatic rings. The van der Waals surface area contributed by atoms with Crippen LogP contribution in [-0.2, 0) is 0 Å². The quantitative estimate of drug-likeness (QED) is 0.702. The van der Waals surface area contributed by atoms with Crippen molar-refractivity contribution in [3.8, 4) is 0 Å². The van der Waals surface area contributed by atoms with Crippen molar-refractivity contribution in [1.29, 1.82) is 0 Å². The van der Waals surface area contributed by atoms with E-state index in [0.29, 0.717) is 0 Å². The Balaban J connectivity index is 1.86. The number of aryl methyl sites for hydroxylation is 2. The third-order valence-corrected chi connectivity index (χ3v) is 3.63. The van der Waals surface area contributed by atoms with Crippen LogP contribution in [0.15, 0.2) is 52.9 Å². The molecule has 0 fully saturated rings. The maximum absolute atomic E-state index is 5.90. The normalized spacial score (nSPS) is 12.6. The van der Waals surface area contributed by atoms with E-state index in [1.807, 2.05) is 18.2 Å². The summed E-state index contributed by atoms with van der Waals surface area (Å²) >= 11 is 0. The van der Waals surface area contributed by atoms with Crippen molar-refractivity contribution >= 4 is 16.7 Å². The molecule has 1 heterocycles. The molecule has 0 amide bonds. The molecule has 0 aliphatic heterocycles. The fraction of sp³-hybridized carbons (Fsp3) is 0.222. The Hall–Kier alpha value is -2.22. The highest BCUT2D eigenvalue weighted by Gasteiger charge is 2.12. The van der Waals surface area contributed by atoms with Gasteiger partial charge in [-0.2, -0.15) is 0 Å². The van der Waals surface area contributed by atoms with Gasteiger partial charge in [-0.1, -0.05) is 35.9 Å². The number of fused-ring (bicyclic) bond motifs is 1. The van der Waals surface area contributed by atoms with Crippen LogP contribution in [0.4, 0.5) is 5.69 Å². The molecule has 2 aromatic carbocycles. The second-order valence-corrected chi connectivity index (χ2v) is 5.37. The number of hydrogen-bond donors (Lipinski definition) is 1. The van der Waals surface area contributed by atoms with E-state index in [0.717, 1.165) is 22.4 Å². The van der Waals surface area contributed by atoms with Crippen molar-refractivity contribution in [3.05, 3.63) is 65.4 Å². The molecule has 0 bridgehead atoms. The molecule has 102 valence electrons. The van der Waals surface area contributed by atoms with Crippen LogP contribution < -0.4 is 5.32 Å². The molecule has 0 aliphatic rings. The van der Waals surface area contributed by atoms with Crippen molar-refractivity contribution in [1.82, 2.24) is 0 Å². The van der Waals surface area contributed by atoms with Gasteiger partial charge in [-0.05, 0) is 44.5 Å². The van der Waals surface area contributed by atoms with Crippen LogP contribution in [0.2, 0.25) is 0 Å². The Bertz CT molecular complexity index is 709. The molecule has 2 heteroatoms. The lowest BCUT2D eigenvalue weighted by molar-refractivity contribution is 0.526. The van der Waals surface area contributed by atoms with Crippen molar-refractivity contribution < 1.29 is 4.42 Å². The van der Waals surface area contributed by atoms with E-state index < -0.39 is 0 Å². The van der Waals surface area contributed by atoms with E-state index in [-0.39, 0.29) is 6.04 Å². The molecular weight excluding hydrogens is 246 g/mol. The Morgan fingerprint density at radius 2 is 1.80 bits per heavy atom. The van der Waals surface area contributed by atoms with Gasteiger partial charge in [0.2, 0.25) is 0 Å². The highest BCUT2D eigenvalue weighted by atomic mass is 16.3. The standard InChI is InChI=1S/C18H19NO/c1-12-8-9-16(13(2)10-12)19-14(3)18-11-15-6-4-5-7-17(15)20-18/h4-11,14,19H,1-3H3. The van der Waals surface area contributed by atoms with Crippen molar-refractivity contribution in [3.63, 3.8) is 0 Å². The van der Waals surface area contributed by atoms with Crippen LogP contribution in [0.5, 0.6) is 0 Å². The van der Waals surface area contributed by atoms with Gasteiger partial charge in [-0.3, -0.25) is 0 Å². The summed E-state index contributed by atoms with van der Waals surface area (Å²) in [6, 6.07) is 16.8. The average molecular weight is 265 g/mol. The maximum atomic E-state index is 5.90. The summed E-state index contributed by atoms with van der Waals surface area (Å²) in [6.45, 7) is 6.36. The van der Waals surface area contributed by atoms with Crippen LogP contribution >= 0.6 is 0 Å². The Kier molecular flexibility index (Phi) is 3.23. The van der Waals surface area contributed by atoms with Gasteiger partial charge in [0, 0.05) is 11.1 Å². The molecule has 1 unspecified atom stereocenters. The summed E-state index contributed by atoms with van der Waals surface area (Å²) in [5.41, 5.74) is 4.64. The third-order valence-electron chi connectivity index (χ3n) is 3.63. The van der Waals surface area contributed by atoms with Crippen molar-refractivity contribution in [2.45, 2.75) is 26.8 Å². The first kappa shape index (κ1) is 12.8. The maximum Gasteiger partial charge on any atom is 0.134 e. The van der Waals surface area contributed by atoms with Gasteiger partial charge < -0.3 is 9.73 Å². The molecule has 20 heavy (non-hydrogen) atoms. The SMILES string of the molecule is Cc1ccc(NC(C)c2cc3ccccc3o2)c(C)c1. The molecule has 1 N–H and O–H groups in total. The molecular formula is C18H19NO. The fourth-order valence-corrected chi connectivity index (χ4v) is 2.50. The summed E-state index contributed by atoms with van der Waals surface area (Å²) in [7, 11) is 0. The fourth-order valence-electron chi connectivity index (χ4n) is 2.50. The lowest BCUT2D eigenvalue weighted by Crippen LogP contribution is -2.06. The number of nitrogens with one attached hydrogen (secondary N) is 1. The van der Waals surface area contributed by atoms with Crippen LogP contribution in [0.1, 0.15) is 29.9 Å². The molecule has 0 spiro atoms. The van der Waals surface area contributed by atoms with Gasteiger partial charge in [0.05, 0.1) is 6.04 Å². The minimum atomic E-state index is 0.142. The van der Waals surface area contributed by atoms with E-state index in [2.05, 4.69) is 56.4 Å². The van der Waals surface area contributed by atoms with E-state index in [1.54, 1.807) is 0 Å². The van der Waals surface area contributed by atoms with E-state index in [1.165, 1.54) is 11.1 Å². The van der Waals surface area contributed by atoms with Gasteiger partial charge in [0.15, 0.2) is 0 Å². The van der Waals surface area contributed by atoms with Crippen LogP contribution in [0, 0.1) is 13.8 Å². The summed E-state index contributed by atoms with van der Waals surface area (Å²) in [4.78, 5) is 0. The number of hydrogen-bond acceptors (Lipinski definition) is 2. The highest BCUT2D eigenvalue weighted by molar-refractivity contribution is 5.78. The Labute approximate surface area is 119 Å². The van der Waals surface area contributed by atoms with Gasteiger partial charge in [-0.15, -0.1) is 0 Å². The molecule has 1 aromatic heterocycles. The smallest absolute Gasteiger partial charge is 0.134 e. The first-order valence-electron chi connectivity index (χ1n) is 6.96. The highest BCUT2D eigenvalue weighted by Crippen LogP contribution is 2.27. The first-order valence-corrected chi connectivity index (χ1v) is 6.96. The zero-order valence-corrected chi connectivity index (χ0v) is 12.1. The molecule has 0 aliphatic carbocycles. The van der Waals surface area contributed by atoms with Crippen LogP contribution in [-0.4, -0.2) is 0 Å². The number of anilines is 1. The van der Waals surface area contributed by atoms with Gasteiger partial charge in [0.25, 0.3) is 0 Å². The van der Waals surface area contributed by atoms with Crippen LogP contribution in [0.3, 0.4) is 0 Å². The molecule has 0 radical (unpaired) electrons. The second-order valence-electron chi connectivity index (χ2n) is 5.37. The number of rotatable bonds is 3. The van der Waals surface area contributed by atoms with Crippen LogP contribution in [0.25, 0.3) is 11.0 Å². The molecule has 2 nitrogen and oxygen atoms in total. The summed E-state index contributed by atoms with van der Waals surface area (Å²) < 4.78 is 5.90. The minimum absolute atomic E-state index is 0.142. The minimum Gasteiger partial charge on any atom is -0.459 e. The van der Waals surface area contributed by atoms with Gasteiger partial charge >= 0.3 is 0 Å². The van der Waals surface area contributed by atoms with Gasteiger partial charge in [0.1, 0.15) is 11.3 Å². The van der Waals surface area contributed by atoms with E-state index >= 15 is 0 Å². The predicted octanol–water partition coefficient (Wildman–Crippen LogP) is 5.22. The van der Waals surface area contributed by atoms with Crippen molar-refractivity contribution in [2.24, 2.45) is 0 Å². The summed E-state index contributed by atoms with van der Waals surface area (Å²) in [5, 5.41) is 4.67. The zero-order chi connectivity index (χ0) is 14.1. The topological polar surface area (TPSA) is 25.2 Å². The lowest BCUT2D eigenvalue weighted by atomic mass is 10.1. The zero-order valence-electron chi connectivity index (χ0n) is 12.1. The largest absolute Gasteiger partial charge is 0.459 e. The second kappa shape index (κ2) is 5.04. The number of para-hydroxylation sites is 1. The Morgan fingerprint density at radius 3 is 2.55 bits per heavy atom. The molecule has 0 saturated heterocycles. The van der Waals surface area contributed by atoms with E-state index in [4.69, 9.17) is 4.42 Å². The average Bonchev–Trinajstić information content (AvgIpc) is 2.86. The van der Waals surface area contributed by atoms with Gasteiger partial charge in [-0.25, -0.2) is 0 Å². The third kappa shape index (κ3) is 2.42. The summed E-state index contributed by atoms with van der Waals surface area (Å²) in [6.07, 6.45) is 0. The van der Waals surface area contributed by atoms with E-state index in [9.17, 15) is 0 Å². The molecule has 0 saturated carbocycles. The Morgan fingerprint density at radius 1 is 1.00 bits per heavy atom. The summed E-state index contributed by atoms with van der Waals surface area (Å²) in [5.74, 6) is 0.964. The number of furan rings is 1. The van der Waals surface area contributed by atoms with Crippen molar-refractivity contribution in [2.75, 3.05) is 5.32 Å². The number of benzene rings is 2. The predicted molar refractivity (Wildman–Crippen MR) is 84.2 cm³/mol. The molecule has 1 atom stereocenters.